The highest BCUT2D eigenvalue weighted by atomic mass is 35.5. The Balaban J connectivity index is 0.000000130. The molecule has 14 aromatic rings. The molecule has 30 heteroatoms. The number of aryl methyl sites for hydroxylation is 5. The highest BCUT2D eigenvalue weighted by Gasteiger charge is 2.32. The summed E-state index contributed by atoms with van der Waals surface area (Å²) in [6, 6.07) is 50.9. The summed E-state index contributed by atoms with van der Waals surface area (Å²) in [4.78, 5) is 79.5. The first-order valence-corrected chi connectivity index (χ1v) is 44.1. The Labute approximate surface area is 757 Å². The van der Waals surface area contributed by atoms with Crippen LogP contribution in [0.2, 0.25) is 25.1 Å². The summed E-state index contributed by atoms with van der Waals surface area (Å²) in [5.41, 5.74) is 14.7. The third kappa shape index (κ3) is 20.5. The van der Waals surface area contributed by atoms with Crippen LogP contribution in [0.5, 0.6) is 5.75 Å². The SMILES string of the molecule is C#Cc1ccc(NC(=O)c2cnc3c(c(C)nn3C3CCN(C)CC3)c2Cl)cc1.COc1c(C(=O)Nc2ccc(Cl)cc2)cnc2c1c(C)nn2C1CCN(C)CC1.Cc1ccc(NC(=O)c2cnc3c(c(C)nn3C3CCN(Cc4ccccc4)CC3)c2Cl)cc1.Cc1nn(C2CCN(Cc3ccccc3)CC2)c2ncc(C(=O)Nc3ccc(Cl)cc3)c(Cl)c12. The predicted octanol–water partition coefficient (Wildman–Crippen LogP) is 19.7. The summed E-state index contributed by atoms with van der Waals surface area (Å²) >= 11 is 31.9. The second-order valence-electron chi connectivity index (χ2n) is 32.5. The fourth-order valence-electron chi connectivity index (χ4n) is 16.8. The van der Waals surface area contributed by atoms with Crippen molar-refractivity contribution in [3.8, 4) is 18.1 Å². The number of rotatable bonds is 17. The zero-order valence-electron chi connectivity index (χ0n) is 71.5. The maximum absolute atomic E-state index is 12.9. The molecule has 0 unspecified atom stereocenters. The van der Waals surface area contributed by atoms with Crippen molar-refractivity contribution in [2.75, 3.05) is 94.8 Å². The number of carbonyl (C=O) groups excluding carboxylic acids is 4. The van der Waals surface area contributed by atoms with E-state index in [0.717, 1.165) is 201 Å². The van der Waals surface area contributed by atoms with Crippen molar-refractivity contribution in [3.05, 3.63) is 275 Å². The normalized spacial score (nSPS) is 15.2. The molecule has 8 aromatic heterocycles. The third-order valence-corrected chi connectivity index (χ3v) is 25.4. The van der Waals surface area contributed by atoms with Crippen LogP contribution < -0.4 is 26.0 Å². The molecule has 0 saturated carbocycles. The van der Waals surface area contributed by atoms with Crippen LogP contribution in [-0.2, 0) is 13.1 Å². The van der Waals surface area contributed by atoms with E-state index in [4.69, 9.17) is 89.6 Å². The Bertz CT molecular complexity index is 6080. The maximum atomic E-state index is 12.9. The van der Waals surface area contributed by atoms with Gasteiger partial charge >= 0.3 is 0 Å². The van der Waals surface area contributed by atoms with E-state index in [-0.39, 0.29) is 35.7 Å². The highest BCUT2D eigenvalue weighted by molar-refractivity contribution is 6.40. The highest BCUT2D eigenvalue weighted by Crippen LogP contribution is 2.40. The number of ether oxygens (including phenoxy) is 1. The average Bonchev–Trinajstić information content (AvgIpc) is 1.98. The molecule has 0 radical (unpaired) electrons. The molecule has 4 saturated heterocycles. The van der Waals surface area contributed by atoms with Crippen molar-refractivity contribution in [2.24, 2.45) is 0 Å². The number of amides is 4. The number of methoxy groups -OCH3 is 1. The lowest BCUT2D eigenvalue weighted by atomic mass is 10.0. The summed E-state index contributed by atoms with van der Waals surface area (Å²) < 4.78 is 13.6. The third-order valence-electron chi connectivity index (χ3n) is 23.7. The maximum Gasteiger partial charge on any atom is 0.261 e. The van der Waals surface area contributed by atoms with E-state index in [9.17, 15) is 19.2 Å². The minimum absolute atomic E-state index is 0.250. The van der Waals surface area contributed by atoms with E-state index in [2.05, 4.69) is 135 Å². The van der Waals surface area contributed by atoms with E-state index < -0.39 is 0 Å². The molecule has 4 aliphatic heterocycles. The first-order valence-electron chi connectivity index (χ1n) is 42.3. The van der Waals surface area contributed by atoms with Crippen molar-refractivity contribution in [3.63, 3.8) is 0 Å². The molecule has 6 aromatic carbocycles. The molecule has 0 spiro atoms. The monoisotopic (exact) mass is 1790 g/mol. The Morgan fingerprint density at radius 2 is 0.659 bits per heavy atom. The molecule has 4 fully saturated rings. The molecule has 4 amide bonds. The first kappa shape index (κ1) is 89.2. The predicted molar refractivity (Wildman–Crippen MR) is 502 cm³/mol. The molecule has 0 atom stereocenters. The van der Waals surface area contributed by atoms with Crippen LogP contribution in [0.4, 0.5) is 22.7 Å². The molecule has 12 heterocycles. The molecule has 0 bridgehead atoms. The number of fused-ring (bicyclic) bond motifs is 4. The van der Waals surface area contributed by atoms with Gasteiger partial charge in [-0.1, -0.05) is 142 Å². The Morgan fingerprint density at radius 3 is 0.976 bits per heavy atom. The number of anilines is 4. The number of likely N-dealkylation sites (tertiary alicyclic amines) is 4. The molecule has 126 heavy (non-hydrogen) atoms. The number of terminal acetylenes is 1. The van der Waals surface area contributed by atoms with Crippen LogP contribution in [0, 0.1) is 47.0 Å². The number of carbonyl (C=O) groups is 4. The minimum Gasteiger partial charge on any atom is -0.495 e. The van der Waals surface area contributed by atoms with Gasteiger partial charge in [-0.3, -0.25) is 29.0 Å². The van der Waals surface area contributed by atoms with Crippen molar-refractivity contribution >= 4 is 149 Å². The van der Waals surface area contributed by atoms with Gasteiger partial charge in [0.15, 0.2) is 22.6 Å². The fourth-order valence-corrected chi connectivity index (χ4v) is 18.1. The summed E-state index contributed by atoms with van der Waals surface area (Å²) in [7, 11) is 5.83. The summed E-state index contributed by atoms with van der Waals surface area (Å²) in [6.07, 6.45) is 19.6. The van der Waals surface area contributed by atoms with Crippen LogP contribution in [0.15, 0.2) is 183 Å². The average molecular weight is 1790 g/mol. The second-order valence-corrected chi connectivity index (χ2v) is 34.6. The number of halogens is 5. The molecule has 648 valence electrons. The molecular weight excluding hydrogens is 1690 g/mol. The van der Waals surface area contributed by atoms with Gasteiger partial charge in [-0.05, 0) is 222 Å². The van der Waals surface area contributed by atoms with Crippen molar-refractivity contribution in [1.82, 2.24) is 78.7 Å². The van der Waals surface area contributed by atoms with Gasteiger partial charge in [0, 0.05) is 102 Å². The van der Waals surface area contributed by atoms with Gasteiger partial charge in [-0.15, -0.1) is 6.42 Å². The van der Waals surface area contributed by atoms with E-state index in [1.165, 1.54) is 23.5 Å². The Kier molecular flexibility index (Phi) is 28.5. The lowest BCUT2D eigenvalue weighted by molar-refractivity contribution is 0.101. The number of hydrogen-bond acceptors (Lipinski definition) is 17. The van der Waals surface area contributed by atoms with E-state index in [1.54, 1.807) is 92.3 Å². The zero-order valence-corrected chi connectivity index (χ0v) is 75.3. The Hall–Kier alpha value is -11.7. The van der Waals surface area contributed by atoms with Crippen LogP contribution in [0.3, 0.4) is 0 Å². The Morgan fingerprint density at radius 1 is 0.381 bits per heavy atom. The van der Waals surface area contributed by atoms with E-state index >= 15 is 0 Å². The molecular formula is C96H99Cl5N20O5. The van der Waals surface area contributed by atoms with Gasteiger partial charge in [0.2, 0.25) is 0 Å². The van der Waals surface area contributed by atoms with Crippen molar-refractivity contribution < 1.29 is 23.9 Å². The molecule has 18 rings (SSSR count). The summed E-state index contributed by atoms with van der Waals surface area (Å²) in [5.74, 6) is 1.86. The van der Waals surface area contributed by atoms with Gasteiger partial charge in [0.25, 0.3) is 23.6 Å². The van der Waals surface area contributed by atoms with Gasteiger partial charge in [-0.2, -0.15) is 20.4 Å². The quantitative estimate of drug-likeness (QED) is 0.0618. The number of nitrogens with one attached hydrogen (secondary N) is 4. The fraction of sp³-hybridized carbons (Fsp3) is 0.312. The van der Waals surface area contributed by atoms with Gasteiger partial charge in [0.05, 0.1) is 107 Å². The van der Waals surface area contributed by atoms with Crippen LogP contribution >= 0.6 is 58.0 Å². The lowest BCUT2D eigenvalue weighted by Crippen LogP contribution is -2.34. The van der Waals surface area contributed by atoms with Crippen molar-refractivity contribution in [2.45, 2.75) is 123 Å². The standard InChI is InChI=1S/C27H28ClN5O.C26H25Cl2N5O.C22H22ClN5O.C21H24ClN5O2/c1-18-8-10-21(11-9-18)30-27(34)23-16-29-26-24(25(23)28)19(2)31-33(26)22-12-14-32(15-13-22)17-20-6-4-3-5-7-20;1-17-23-24(28)22(26(34)30-20-9-7-19(27)8-10-20)15-29-25(23)33(31-17)21-11-13-32(14-12-21)16-18-5-3-2-4-6-18;1-4-15-5-7-16(8-6-15)25-22(29)18-13-24-21-19(20(18)23)14(2)26-28(21)17-9-11-27(3)12-10-17;1-13-18-19(29-3)17(21(28)24-15-6-4-14(22)5-7-15)12-23-20(18)27(25-13)16-8-10-26(2)11-9-16/h3-11,16,22H,12-15,17H2,1-2H3,(H,30,34);2-10,15,21H,11-14,16H2,1H3,(H,30,34);1,5-8,13,17H,9-12H2,2-3H3,(H,25,29);4-7,12,16H,8-11H2,1-3H3,(H,24,28). The van der Waals surface area contributed by atoms with Gasteiger partial charge in [0.1, 0.15) is 11.3 Å². The number of aromatic nitrogens is 12. The van der Waals surface area contributed by atoms with Crippen LogP contribution in [0.1, 0.15) is 162 Å². The summed E-state index contributed by atoms with van der Waals surface area (Å²) in [6.45, 7) is 19.7. The number of nitrogens with zero attached hydrogens (tertiary/aromatic N) is 16. The minimum atomic E-state index is -0.317. The lowest BCUT2D eigenvalue weighted by Gasteiger charge is -2.32. The molecule has 4 N–H and O–H groups in total. The van der Waals surface area contributed by atoms with Crippen LogP contribution in [-0.4, -0.2) is 176 Å². The molecule has 4 aliphatic rings. The van der Waals surface area contributed by atoms with Gasteiger partial charge in [-0.25, -0.2) is 38.7 Å². The smallest absolute Gasteiger partial charge is 0.261 e. The van der Waals surface area contributed by atoms with E-state index in [0.29, 0.717) is 82.3 Å². The number of benzene rings is 6. The van der Waals surface area contributed by atoms with Crippen LogP contribution in [0.25, 0.3) is 44.1 Å². The largest absolute Gasteiger partial charge is 0.495 e. The van der Waals surface area contributed by atoms with Crippen molar-refractivity contribution in [1.29, 1.82) is 0 Å². The second kappa shape index (κ2) is 40.3. The van der Waals surface area contributed by atoms with E-state index in [1.807, 2.05) is 83.7 Å². The topological polar surface area (TPSA) is 261 Å². The number of pyridine rings is 4. The zero-order chi connectivity index (χ0) is 88.4. The van der Waals surface area contributed by atoms with Gasteiger partial charge < -0.3 is 35.8 Å². The first-order chi connectivity index (χ1) is 60.9. The summed E-state index contributed by atoms with van der Waals surface area (Å²) in [5, 5.41) is 35.9. The molecule has 0 aliphatic carbocycles. The number of piperidine rings is 4. The molecule has 25 nitrogen and oxygen atoms in total. The number of hydrogen-bond donors (Lipinski definition) is 4.